The number of phenols is 1. The maximum atomic E-state index is 11.9. The average Bonchev–Trinajstić information content (AvgIpc) is 2.26. The fourth-order valence-corrected chi connectivity index (χ4v) is 1.55. The second-order valence-corrected chi connectivity index (χ2v) is 4.63. The lowest BCUT2D eigenvalue weighted by atomic mass is 10.0. The summed E-state index contributed by atoms with van der Waals surface area (Å²) in [7, 11) is 1.72. The molecule has 94 valence electrons. The molecule has 0 aromatic heterocycles. The molecule has 17 heavy (non-hydrogen) atoms. The van der Waals surface area contributed by atoms with Crippen molar-refractivity contribution in [2.75, 3.05) is 7.05 Å². The van der Waals surface area contributed by atoms with E-state index in [2.05, 4.69) is 0 Å². The van der Waals surface area contributed by atoms with Gasteiger partial charge in [0.15, 0.2) is 0 Å². The number of nitrogens with two attached hydrogens (primary N) is 1. The molecule has 3 N–H and O–H groups in total. The molecule has 1 aromatic carbocycles. The lowest BCUT2D eigenvalue weighted by Gasteiger charge is -2.23. The van der Waals surface area contributed by atoms with E-state index in [-0.39, 0.29) is 17.6 Å². The normalized spacial score (nSPS) is 12.5. The van der Waals surface area contributed by atoms with Crippen LogP contribution in [-0.2, 0) is 11.3 Å². The van der Waals surface area contributed by atoms with Crippen LogP contribution in [0.2, 0.25) is 0 Å². The number of hydrogen-bond donors (Lipinski definition) is 2. The number of aromatic hydroxyl groups is 1. The lowest BCUT2D eigenvalue weighted by molar-refractivity contribution is -0.132. The topological polar surface area (TPSA) is 66.6 Å². The fraction of sp³-hybridized carbons (Fsp3) is 0.462. The van der Waals surface area contributed by atoms with Crippen LogP contribution in [0.3, 0.4) is 0 Å². The SMILES string of the molecule is CC(C)[C@H](N)C(=O)N(C)Cc1cccc(O)c1. The van der Waals surface area contributed by atoms with Gasteiger partial charge in [0.1, 0.15) is 5.75 Å². The zero-order chi connectivity index (χ0) is 13.0. The first-order chi connectivity index (χ1) is 7.91. The molecule has 0 aliphatic carbocycles. The Hall–Kier alpha value is -1.55. The van der Waals surface area contributed by atoms with Crippen LogP contribution in [-0.4, -0.2) is 29.0 Å². The summed E-state index contributed by atoms with van der Waals surface area (Å²) in [6.07, 6.45) is 0. The number of carbonyl (C=O) groups excluding carboxylic acids is 1. The van der Waals surface area contributed by atoms with Crippen LogP contribution in [0.1, 0.15) is 19.4 Å². The molecule has 4 nitrogen and oxygen atoms in total. The van der Waals surface area contributed by atoms with Gasteiger partial charge in [-0.2, -0.15) is 0 Å². The van der Waals surface area contributed by atoms with Gasteiger partial charge >= 0.3 is 0 Å². The predicted octanol–water partition coefficient (Wildman–Crippen LogP) is 1.33. The van der Waals surface area contributed by atoms with Crippen molar-refractivity contribution in [2.45, 2.75) is 26.4 Å². The first-order valence-electron chi connectivity index (χ1n) is 5.70. The van der Waals surface area contributed by atoms with Crippen molar-refractivity contribution < 1.29 is 9.90 Å². The third kappa shape index (κ3) is 3.75. The van der Waals surface area contributed by atoms with Crippen LogP contribution < -0.4 is 5.73 Å². The number of rotatable bonds is 4. The minimum Gasteiger partial charge on any atom is -0.508 e. The van der Waals surface area contributed by atoms with E-state index in [1.165, 1.54) is 0 Å². The van der Waals surface area contributed by atoms with E-state index < -0.39 is 6.04 Å². The van der Waals surface area contributed by atoms with Crippen LogP contribution in [0.25, 0.3) is 0 Å². The zero-order valence-electron chi connectivity index (χ0n) is 10.6. The molecule has 0 saturated carbocycles. The zero-order valence-corrected chi connectivity index (χ0v) is 10.6. The van der Waals surface area contributed by atoms with Crippen LogP contribution in [0.15, 0.2) is 24.3 Å². The molecule has 0 radical (unpaired) electrons. The minimum atomic E-state index is -0.475. The molecule has 0 spiro atoms. The van der Waals surface area contributed by atoms with Crippen molar-refractivity contribution in [1.29, 1.82) is 0 Å². The molecule has 1 aromatic rings. The molecular formula is C13H20N2O2. The van der Waals surface area contributed by atoms with E-state index in [4.69, 9.17) is 5.73 Å². The van der Waals surface area contributed by atoms with Gasteiger partial charge in [-0.1, -0.05) is 26.0 Å². The van der Waals surface area contributed by atoms with Crippen molar-refractivity contribution in [3.05, 3.63) is 29.8 Å². The maximum Gasteiger partial charge on any atom is 0.239 e. The average molecular weight is 236 g/mol. The van der Waals surface area contributed by atoms with Crippen LogP contribution in [0.4, 0.5) is 0 Å². The standard InChI is InChI=1S/C13H20N2O2/c1-9(2)12(14)13(17)15(3)8-10-5-4-6-11(16)7-10/h4-7,9,12,16H,8,14H2,1-3H3/t12-/m0/s1. The van der Waals surface area contributed by atoms with E-state index in [0.29, 0.717) is 6.54 Å². The van der Waals surface area contributed by atoms with Gasteiger partial charge in [0, 0.05) is 13.6 Å². The first-order valence-corrected chi connectivity index (χ1v) is 5.70. The van der Waals surface area contributed by atoms with Gasteiger partial charge < -0.3 is 15.7 Å². The highest BCUT2D eigenvalue weighted by Gasteiger charge is 2.20. The largest absolute Gasteiger partial charge is 0.508 e. The lowest BCUT2D eigenvalue weighted by Crippen LogP contribution is -2.44. The van der Waals surface area contributed by atoms with E-state index in [1.54, 1.807) is 30.1 Å². The number of nitrogens with zero attached hydrogens (tertiary/aromatic N) is 1. The highest BCUT2D eigenvalue weighted by Crippen LogP contribution is 2.13. The molecular weight excluding hydrogens is 216 g/mol. The van der Waals surface area contributed by atoms with E-state index >= 15 is 0 Å². The van der Waals surface area contributed by atoms with Crippen molar-refractivity contribution in [2.24, 2.45) is 11.7 Å². The Morgan fingerprint density at radius 2 is 2.12 bits per heavy atom. The van der Waals surface area contributed by atoms with Gasteiger partial charge in [-0.05, 0) is 23.6 Å². The Labute approximate surface area is 102 Å². The Balaban J connectivity index is 2.66. The predicted molar refractivity (Wildman–Crippen MR) is 67.4 cm³/mol. The molecule has 0 fully saturated rings. The number of phenolic OH excluding ortho intramolecular Hbond substituents is 1. The second-order valence-electron chi connectivity index (χ2n) is 4.63. The van der Waals surface area contributed by atoms with Gasteiger partial charge in [0.2, 0.25) is 5.91 Å². The molecule has 0 saturated heterocycles. The fourth-order valence-electron chi connectivity index (χ4n) is 1.55. The van der Waals surface area contributed by atoms with Crippen molar-refractivity contribution in [3.8, 4) is 5.75 Å². The minimum absolute atomic E-state index is 0.0802. The second kappa shape index (κ2) is 5.68. The summed E-state index contributed by atoms with van der Waals surface area (Å²) in [6, 6.07) is 6.39. The first kappa shape index (κ1) is 13.5. The quantitative estimate of drug-likeness (QED) is 0.829. The van der Waals surface area contributed by atoms with E-state index in [0.717, 1.165) is 5.56 Å². The molecule has 1 amide bonds. The number of benzene rings is 1. The third-order valence-corrected chi connectivity index (χ3v) is 2.71. The number of carbonyl (C=O) groups is 1. The highest BCUT2D eigenvalue weighted by molar-refractivity contribution is 5.81. The van der Waals surface area contributed by atoms with Gasteiger partial charge in [0.25, 0.3) is 0 Å². The van der Waals surface area contributed by atoms with Crippen LogP contribution in [0.5, 0.6) is 5.75 Å². The summed E-state index contributed by atoms with van der Waals surface area (Å²) in [5, 5.41) is 9.33. The third-order valence-electron chi connectivity index (χ3n) is 2.71. The molecule has 1 rings (SSSR count). The number of hydrogen-bond acceptors (Lipinski definition) is 3. The Bertz CT molecular complexity index is 391. The Morgan fingerprint density at radius 3 is 2.65 bits per heavy atom. The Morgan fingerprint density at radius 1 is 1.47 bits per heavy atom. The van der Waals surface area contributed by atoms with Crippen molar-refractivity contribution >= 4 is 5.91 Å². The molecule has 4 heteroatoms. The number of amides is 1. The monoisotopic (exact) mass is 236 g/mol. The van der Waals surface area contributed by atoms with Gasteiger partial charge in [-0.3, -0.25) is 4.79 Å². The van der Waals surface area contributed by atoms with E-state index in [9.17, 15) is 9.90 Å². The summed E-state index contributed by atoms with van der Waals surface area (Å²) < 4.78 is 0. The van der Waals surface area contributed by atoms with E-state index in [1.807, 2.05) is 19.9 Å². The molecule has 1 atom stereocenters. The summed E-state index contributed by atoms with van der Waals surface area (Å²) in [5.74, 6) is 0.244. The van der Waals surface area contributed by atoms with Gasteiger partial charge in [-0.25, -0.2) is 0 Å². The maximum absolute atomic E-state index is 11.9. The van der Waals surface area contributed by atoms with Gasteiger partial charge in [0.05, 0.1) is 6.04 Å². The van der Waals surface area contributed by atoms with Crippen LogP contribution in [0, 0.1) is 5.92 Å². The molecule has 0 heterocycles. The van der Waals surface area contributed by atoms with Crippen molar-refractivity contribution in [3.63, 3.8) is 0 Å². The molecule has 0 aliphatic rings. The summed E-state index contributed by atoms with van der Waals surface area (Å²) in [5.41, 5.74) is 6.69. The summed E-state index contributed by atoms with van der Waals surface area (Å²) in [6.45, 7) is 4.29. The van der Waals surface area contributed by atoms with Gasteiger partial charge in [-0.15, -0.1) is 0 Å². The molecule has 0 bridgehead atoms. The van der Waals surface area contributed by atoms with Crippen LogP contribution >= 0.6 is 0 Å². The Kier molecular flexibility index (Phi) is 4.52. The summed E-state index contributed by atoms with van der Waals surface area (Å²) in [4.78, 5) is 13.5. The highest BCUT2D eigenvalue weighted by atomic mass is 16.3. The molecule has 0 unspecified atom stereocenters. The number of likely N-dealkylation sites (N-methyl/N-ethyl adjacent to an activating group) is 1. The smallest absolute Gasteiger partial charge is 0.239 e. The molecule has 0 aliphatic heterocycles. The van der Waals surface area contributed by atoms with Crippen molar-refractivity contribution in [1.82, 2.24) is 4.90 Å². The summed E-state index contributed by atoms with van der Waals surface area (Å²) >= 11 is 0.